The van der Waals surface area contributed by atoms with Gasteiger partial charge in [-0.3, -0.25) is 14.4 Å². The van der Waals surface area contributed by atoms with E-state index in [-0.39, 0.29) is 47.6 Å². The van der Waals surface area contributed by atoms with Crippen molar-refractivity contribution in [1.82, 2.24) is 10.0 Å². The van der Waals surface area contributed by atoms with E-state index in [1.165, 1.54) is 18.2 Å². The summed E-state index contributed by atoms with van der Waals surface area (Å²) in [5, 5.41) is 2.47. The van der Waals surface area contributed by atoms with Crippen LogP contribution in [0.25, 0.3) is 0 Å². The lowest BCUT2D eigenvalue weighted by molar-refractivity contribution is -0.143. The first-order valence-corrected chi connectivity index (χ1v) is 19.7. The zero-order valence-corrected chi connectivity index (χ0v) is 31.3. The average Bonchev–Trinajstić information content (AvgIpc) is 3.24. The Kier molecular flexibility index (Phi) is 10.8. The van der Waals surface area contributed by atoms with Gasteiger partial charge in [0.15, 0.2) is 0 Å². The molecule has 13 heteroatoms. The number of ether oxygens (including phenoxy) is 3. The predicted molar refractivity (Wildman–Crippen MR) is 195 cm³/mol. The van der Waals surface area contributed by atoms with Crippen LogP contribution in [0.15, 0.2) is 48.6 Å². The van der Waals surface area contributed by atoms with Gasteiger partial charge in [-0.2, -0.15) is 0 Å². The van der Waals surface area contributed by atoms with Crippen LogP contribution >= 0.6 is 11.6 Å². The van der Waals surface area contributed by atoms with Crippen molar-refractivity contribution in [2.24, 2.45) is 17.8 Å². The minimum absolute atomic E-state index is 0.0294. The molecule has 2 heterocycles. The molecule has 0 unspecified atom stereocenters. The van der Waals surface area contributed by atoms with Crippen molar-refractivity contribution in [3.8, 4) is 5.75 Å². The second-order valence-corrected chi connectivity index (χ2v) is 17.2. The number of amides is 2. The Labute approximate surface area is 305 Å². The highest BCUT2D eigenvalue weighted by molar-refractivity contribution is 7.90. The van der Waals surface area contributed by atoms with Gasteiger partial charge in [-0.25, -0.2) is 13.1 Å². The molecule has 0 radical (unpaired) electrons. The molecule has 1 spiro atoms. The van der Waals surface area contributed by atoms with Gasteiger partial charge in [-0.15, -0.1) is 0 Å². The molecule has 2 aliphatic carbocycles. The van der Waals surface area contributed by atoms with E-state index in [9.17, 15) is 22.8 Å². The van der Waals surface area contributed by atoms with E-state index in [1.54, 1.807) is 32.2 Å². The molecule has 0 aromatic heterocycles. The number of nitrogens with one attached hydrogen (secondary N) is 2. The molecule has 2 N–H and O–H groups in total. The molecule has 1 saturated carbocycles. The second-order valence-electron chi connectivity index (χ2n) is 14.7. The van der Waals surface area contributed by atoms with Crippen LogP contribution in [0.5, 0.6) is 5.75 Å². The molecule has 4 aliphatic rings. The number of halogens is 1. The Balaban J connectivity index is 1.43. The first-order valence-electron chi connectivity index (χ1n) is 17.7. The highest BCUT2D eigenvalue weighted by Gasteiger charge is 2.50. The van der Waals surface area contributed by atoms with Crippen LogP contribution in [-0.4, -0.2) is 77.5 Å². The summed E-state index contributed by atoms with van der Waals surface area (Å²) in [6.07, 6.45) is 8.62. The standard InChI is InChI=1S/C38H48ClN3O8S/c1-24-7-5-16-38(49-4,19-34(43)40-20-35(44)48-3)31-12-9-28(31)21-42-22-37(15-6-8-26-17-29(39)11-13-30(26)37)23-50-33-14-10-27(18-32(33)42)36(45)41-51(46,47)25(24)2/h5,10-11,13-14,16-18,24-25,28,31H,6-9,12,15,19-23H2,1-4H3,(H,40,43)(H,41,45)/b16-5-/t24-,25+,28-,31+,37-,38+/m0/s1. The SMILES string of the molecule is COC(=O)CNC(=O)C[C@]1(OC)/C=C\C[C@H](C)[C@@H](C)S(=O)(=O)NC(=O)c2ccc3c(c2)N(C[C@@H]2CC[C@H]21)C[C@@]1(CCCc2cc(Cl)ccc21)CO3. The van der Waals surface area contributed by atoms with Crippen molar-refractivity contribution in [3.63, 3.8) is 0 Å². The minimum atomic E-state index is -4.04. The third-order valence-electron chi connectivity index (χ3n) is 11.7. The first kappa shape index (κ1) is 37.2. The maximum atomic E-state index is 13.5. The van der Waals surface area contributed by atoms with E-state index >= 15 is 0 Å². The maximum Gasteiger partial charge on any atom is 0.325 e. The molecule has 2 aromatic rings. The van der Waals surface area contributed by atoms with Crippen LogP contribution in [0.3, 0.4) is 0 Å². The largest absolute Gasteiger partial charge is 0.490 e. The van der Waals surface area contributed by atoms with Crippen molar-refractivity contribution in [2.75, 3.05) is 45.4 Å². The van der Waals surface area contributed by atoms with Gasteiger partial charge in [0, 0.05) is 36.2 Å². The van der Waals surface area contributed by atoms with Gasteiger partial charge >= 0.3 is 5.97 Å². The molecule has 2 aliphatic heterocycles. The molecule has 2 aromatic carbocycles. The van der Waals surface area contributed by atoms with Gasteiger partial charge in [0.05, 0.1) is 36.7 Å². The Morgan fingerprint density at radius 1 is 1.14 bits per heavy atom. The van der Waals surface area contributed by atoms with Crippen LogP contribution in [0, 0.1) is 17.8 Å². The lowest BCUT2D eigenvalue weighted by atomic mass is 9.62. The number of rotatable bonds is 5. The Morgan fingerprint density at radius 3 is 2.67 bits per heavy atom. The van der Waals surface area contributed by atoms with Crippen LogP contribution < -0.4 is 19.7 Å². The van der Waals surface area contributed by atoms with Gasteiger partial charge in [-0.05, 0) is 105 Å². The number of aryl methyl sites for hydroxylation is 1. The van der Waals surface area contributed by atoms with E-state index < -0.39 is 32.8 Å². The molecular formula is C38H48ClN3O8S. The van der Waals surface area contributed by atoms with Gasteiger partial charge < -0.3 is 24.4 Å². The summed E-state index contributed by atoms with van der Waals surface area (Å²) in [6.45, 7) is 4.77. The predicted octanol–water partition coefficient (Wildman–Crippen LogP) is 4.95. The molecular weight excluding hydrogens is 694 g/mol. The van der Waals surface area contributed by atoms with E-state index in [0.717, 1.165) is 32.1 Å². The molecule has 2 amide bonds. The van der Waals surface area contributed by atoms with E-state index in [4.69, 9.17) is 25.8 Å². The fraction of sp³-hybridized carbons (Fsp3) is 0.553. The molecule has 6 atom stereocenters. The molecule has 51 heavy (non-hydrogen) atoms. The second kappa shape index (κ2) is 14.8. The van der Waals surface area contributed by atoms with Crippen molar-refractivity contribution in [3.05, 3.63) is 70.3 Å². The maximum absolute atomic E-state index is 13.5. The summed E-state index contributed by atoms with van der Waals surface area (Å²) in [7, 11) is -1.18. The zero-order valence-electron chi connectivity index (χ0n) is 29.7. The third-order valence-corrected chi connectivity index (χ3v) is 13.9. The number of methoxy groups -OCH3 is 2. The van der Waals surface area contributed by atoms with Crippen LogP contribution in [-0.2, 0) is 40.9 Å². The summed E-state index contributed by atoms with van der Waals surface area (Å²) in [4.78, 5) is 41.0. The smallest absolute Gasteiger partial charge is 0.325 e. The number of carbonyl (C=O) groups is 3. The molecule has 1 fully saturated rings. The normalized spacial score (nSPS) is 30.7. The molecule has 11 nitrogen and oxygen atoms in total. The first-order chi connectivity index (χ1) is 24.3. The van der Waals surface area contributed by atoms with E-state index in [0.29, 0.717) is 42.6 Å². The zero-order chi connectivity index (χ0) is 36.6. The van der Waals surface area contributed by atoms with Crippen LogP contribution in [0.1, 0.15) is 73.9 Å². The quantitative estimate of drug-likeness (QED) is 0.322. The van der Waals surface area contributed by atoms with Gasteiger partial charge in [0.2, 0.25) is 15.9 Å². The van der Waals surface area contributed by atoms with Gasteiger partial charge in [0.25, 0.3) is 5.91 Å². The fourth-order valence-corrected chi connectivity index (χ4v) is 9.87. The average molecular weight is 742 g/mol. The Bertz CT molecular complexity index is 1820. The van der Waals surface area contributed by atoms with Crippen LogP contribution in [0.4, 0.5) is 5.69 Å². The number of allylic oxidation sites excluding steroid dienone is 1. The number of hydrogen-bond acceptors (Lipinski definition) is 9. The Hall–Kier alpha value is -3.61. The van der Waals surface area contributed by atoms with Crippen molar-refractivity contribution < 1.29 is 37.0 Å². The Morgan fingerprint density at radius 2 is 1.94 bits per heavy atom. The highest BCUT2D eigenvalue weighted by atomic mass is 35.5. The summed E-state index contributed by atoms with van der Waals surface area (Å²) in [6, 6.07) is 11.2. The summed E-state index contributed by atoms with van der Waals surface area (Å²) in [5.41, 5.74) is 1.96. The van der Waals surface area contributed by atoms with Crippen molar-refractivity contribution in [1.29, 1.82) is 0 Å². The monoisotopic (exact) mass is 741 g/mol. The van der Waals surface area contributed by atoms with Gasteiger partial charge in [0.1, 0.15) is 12.3 Å². The number of nitrogens with zero attached hydrogens (tertiary/aromatic N) is 1. The number of esters is 1. The molecule has 276 valence electrons. The number of sulfonamides is 1. The van der Waals surface area contributed by atoms with E-state index in [1.807, 2.05) is 31.2 Å². The number of hydrogen-bond donors (Lipinski definition) is 2. The lowest BCUT2D eigenvalue weighted by Gasteiger charge is -2.50. The fourth-order valence-electron chi connectivity index (χ4n) is 8.39. The van der Waals surface area contributed by atoms with E-state index in [2.05, 4.69) is 21.0 Å². The summed E-state index contributed by atoms with van der Waals surface area (Å²) in [5.74, 6) is -1.31. The molecule has 0 saturated heterocycles. The van der Waals surface area contributed by atoms with Crippen LogP contribution in [0.2, 0.25) is 5.02 Å². The minimum Gasteiger partial charge on any atom is -0.490 e. The van der Waals surface area contributed by atoms with Crippen molar-refractivity contribution in [2.45, 2.75) is 75.1 Å². The number of benzene rings is 2. The topological polar surface area (TPSA) is 140 Å². The number of fused-ring (bicyclic) bond motifs is 4. The van der Waals surface area contributed by atoms with Crippen molar-refractivity contribution >= 4 is 45.1 Å². The molecule has 2 bridgehead atoms. The summed E-state index contributed by atoms with van der Waals surface area (Å²) >= 11 is 6.44. The third kappa shape index (κ3) is 7.50. The highest BCUT2D eigenvalue weighted by Crippen LogP contribution is 2.50. The number of carbonyl (C=O) groups excluding carboxylic acids is 3. The molecule has 6 rings (SSSR count). The lowest BCUT2D eigenvalue weighted by Crippen LogP contribution is -2.54. The summed E-state index contributed by atoms with van der Waals surface area (Å²) < 4.78 is 46.9. The number of anilines is 1. The van der Waals surface area contributed by atoms with Gasteiger partial charge in [-0.1, -0.05) is 36.7 Å².